The fraction of sp³-hybridized carbons (Fsp3) is 0.600. The highest BCUT2D eigenvalue weighted by Crippen LogP contribution is 2.23. The molecule has 0 bridgehead atoms. The van der Waals surface area contributed by atoms with Gasteiger partial charge < -0.3 is 5.32 Å². The van der Waals surface area contributed by atoms with E-state index in [0.29, 0.717) is 6.42 Å². The predicted octanol–water partition coefficient (Wildman–Crippen LogP) is 4.25. The first kappa shape index (κ1) is 16.0. The van der Waals surface area contributed by atoms with Gasteiger partial charge in [0.2, 0.25) is 0 Å². The number of hydrogen-bond donors (Lipinski definition) is 1. The minimum atomic E-state index is -4.04. The number of hydrogen-bond acceptors (Lipinski definition) is 1. The summed E-state index contributed by atoms with van der Waals surface area (Å²) in [5.74, 6) is 0. The molecule has 4 heteroatoms. The Morgan fingerprint density at radius 2 is 1.79 bits per heavy atom. The van der Waals surface area contributed by atoms with Gasteiger partial charge in [0.1, 0.15) is 0 Å². The SMILES string of the molecule is CCNC(CCCC(F)(F)F)Cc1ccc(C)cc1. The van der Waals surface area contributed by atoms with Crippen LogP contribution in [0.1, 0.15) is 37.3 Å². The second-order valence-electron chi connectivity index (χ2n) is 4.95. The van der Waals surface area contributed by atoms with Crippen LogP contribution in [0.4, 0.5) is 13.2 Å². The number of benzene rings is 1. The predicted molar refractivity (Wildman–Crippen MR) is 72.3 cm³/mol. The number of aryl methyl sites for hydroxylation is 1. The Labute approximate surface area is 113 Å². The molecule has 1 rings (SSSR count). The molecule has 0 fully saturated rings. The average molecular weight is 273 g/mol. The number of nitrogens with one attached hydrogen (secondary N) is 1. The summed E-state index contributed by atoms with van der Waals surface area (Å²) < 4.78 is 36.4. The lowest BCUT2D eigenvalue weighted by Gasteiger charge is -2.18. The van der Waals surface area contributed by atoms with Crippen LogP contribution in [-0.2, 0) is 6.42 Å². The van der Waals surface area contributed by atoms with E-state index in [1.54, 1.807) is 0 Å². The van der Waals surface area contributed by atoms with Gasteiger partial charge in [0.25, 0.3) is 0 Å². The standard InChI is InChI=1S/C15H22F3N/c1-3-19-14(5-4-10-15(16,17)18)11-13-8-6-12(2)7-9-13/h6-9,14,19H,3-5,10-11H2,1-2H3. The quantitative estimate of drug-likeness (QED) is 0.783. The van der Waals surface area contributed by atoms with Gasteiger partial charge in [0.05, 0.1) is 0 Å². The molecule has 1 N–H and O–H groups in total. The summed E-state index contributed by atoms with van der Waals surface area (Å²) in [5.41, 5.74) is 2.37. The van der Waals surface area contributed by atoms with Crippen LogP contribution >= 0.6 is 0 Å². The van der Waals surface area contributed by atoms with E-state index >= 15 is 0 Å². The highest BCUT2D eigenvalue weighted by atomic mass is 19.4. The van der Waals surface area contributed by atoms with Crippen LogP contribution in [0.3, 0.4) is 0 Å². The molecule has 108 valence electrons. The van der Waals surface area contributed by atoms with Crippen LogP contribution in [0.25, 0.3) is 0 Å². The van der Waals surface area contributed by atoms with Gasteiger partial charge in [-0.15, -0.1) is 0 Å². The minimum absolute atomic E-state index is 0.120. The molecule has 0 aliphatic rings. The fourth-order valence-corrected chi connectivity index (χ4v) is 2.12. The van der Waals surface area contributed by atoms with Crippen LogP contribution in [0.2, 0.25) is 0 Å². The summed E-state index contributed by atoms with van der Waals surface area (Å²) in [5, 5.41) is 3.26. The van der Waals surface area contributed by atoms with E-state index < -0.39 is 12.6 Å². The summed E-state index contributed by atoms with van der Waals surface area (Å²) in [4.78, 5) is 0. The second-order valence-corrected chi connectivity index (χ2v) is 4.95. The number of likely N-dealkylation sites (N-methyl/N-ethyl adjacent to an activating group) is 1. The number of halogens is 3. The van der Waals surface area contributed by atoms with Gasteiger partial charge in [0.15, 0.2) is 0 Å². The molecule has 0 saturated carbocycles. The smallest absolute Gasteiger partial charge is 0.314 e. The van der Waals surface area contributed by atoms with Crippen molar-refractivity contribution in [2.45, 2.75) is 51.7 Å². The molecular weight excluding hydrogens is 251 g/mol. The minimum Gasteiger partial charge on any atom is -0.314 e. The summed E-state index contributed by atoms with van der Waals surface area (Å²) in [6.07, 6.45) is -3.20. The normalized spacial score (nSPS) is 13.5. The molecule has 0 aliphatic heterocycles. The molecule has 0 aliphatic carbocycles. The molecule has 1 unspecified atom stereocenters. The maximum atomic E-state index is 12.1. The van der Waals surface area contributed by atoms with Gasteiger partial charge in [-0.1, -0.05) is 36.8 Å². The van der Waals surface area contributed by atoms with Crippen molar-refractivity contribution in [3.05, 3.63) is 35.4 Å². The van der Waals surface area contributed by atoms with E-state index in [-0.39, 0.29) is 12.5 Å². The van der Waals surface area contributed by atoms with E-state index in [0.717, 1.165) is 13.0 Å². The maximum Gasteiger partial charge on any atom is 0.389 e. The van der Waals surface area contributed by atoms with Gasteiger partial charge in [-0.25, -0.2) is 0 Å². The maximum absolute atomic E-state index is 12.1. The Kier molecular flexibility index (Phi) is 6.35. The molecule has 1 aromatic carbocycles. The lowest BCUT2D eigenvalue weighted by atomic mass is 10.00. The van der Waals surface area contributed by atoms with Crippen LogP contribution in [0.5, 0.6) is 0 Å². The summed E-state index contributed by atoms with van der Waals surface area (Å²) >= 11 is 0. The largest absolute Gasteiger partial charge is 0.389 e. The molecule has 1 aromatic rings. The zero-order valence-corrected chi connectivity index (χ0v) is 11.6. The first-order chi connectivity index (χ1) is 8.90. The highest BCUT2D eigenvalue weighted by molar-refractivity contribution is 5.22. The average Bonchev–Trinajstić information content (AvgIpc) is 2.30. The third-order valence-corrected chi connectivity index (χ3v) is 3.11. The molecule has 0 spiro atoms. The lowest BCUT2D eigenvalue weighted by Crippen LogP contribution is -2.31. The van der Waals surface area contributed by atoms with Crippen molar-refractivity contribution < 1.29 is 13.2 Å². The van der Waals surface area contributed by atoms with E-state index in [1.807, 2.05) is 38.1 Å². The van der Waals surface area contributed by atoms with Crippen LogP contribution < -0.4 is 5.32 Å². The first-order valence-electron chi connectivity index (χ1n) is 6.76. The number of rotatable bonds is 7. The molecule has 0 saturated heterocycles. The Balaban J connectivity index is 2.45. The van der Waals surface area contributed by atoms with E-state index in [1.165, 1.54) is 11.1 Å². The number of alkyl halides is 3. The van der Waals surface area contributed by atoms with Crippen molar-refractivity contribution in [2.24, 2.45) is 0 Å². The molecule has 1 nitrogen and oxygen atoms in total. The van der Waals surface area contributed by atoms with Gasteiger partial charge in [-0.3, -0.25) is 0 Å². The monoisotopic (exact) mass is 273 g/mol. The molecule has 0 aromatic heterocycles. The van der Waals surface area contributed by atoms with Crippen molar-refractivity contribution in [1.29, 1.82) is 0 Å². The summed E-state index contributed by atoms with van der Waals surface area (Å²) in [6, 6.07) is 8.28. The van der Waals surface area contributed by atoms with Crippen molar-refractivity contribution in [1.82, 2.24) is 5.32 Å². The summed E-state index contributed by atoms with van der Waals surface area (Å²) in [7, 11) is 0. The zero-order chi connectivity index (χ0) is 14.3. The lowest BCUT2D eigenvalue weighted by molar-refractivity contribution is -0.135. The van der Waals surface area contributed by atoms with Crippen LogP contribution in [-0.4, -0.2) is 18.8 Å². The van der Waals surface area contributed by atoms with Crippen molar-refractivity contribution >= 4 is 0 Å². The Morgan fingerprint density at radius 3 is 2.32 bits per heavy atom. The molecule has 0 heterocycles. The molecule has 0 radical (unpaired) electrons. The van der Waals surface area contributed by atoms with Crippen molar-refractivity contribution in [2.75, 3.05) is 6.54 Å². The van der Waals surface area contributed by atoms with Gasteiger partial charge >= 0.3 is 6.18 Å². The topological polar surface area (TPSA) is 12.0 Å². The first-order valence-corrected chi connectivity index (χ1v) is 6.76. The highest BCUT2D eigenvalue weighted by Gasteiger charge is 2.26. The van der Waals surface area contributed by atoms with Crippen molar-refractivity contribution in [3.63, 3.8) is 0 Å². The van der Waals surface area contributed by atoms with Gasteiger partial charge in [-0.05, 0) is 38.3 Å². The Hall–Kier alpha value is -1.03. The van der Waals surface area contributed by atoms with Crippen molar-refractivity contribution in [3.8, 4) is 0 Å². The fourth-order valence-electron chi connectivity index (χ4n) is 2.12. The molecule has 0 amide bonds. The van der Waals surface area contributed by atoms with E-state index in [2.05, 4.69) is 5.32 Å². The third kappa shape index (κ3) is 7.21. The Bertz CT molecular complexity index is 357. The summed E-state index contributed by atoms with van der Waals surface area (Å²) in [6.45, 7) is 4.78. The third-order valence-electron chi connectivity index (χ3n) is 3.11. The van der Waals surface area contributed by atoms with E-state index in [9.17, 15) is 13.2 Å². The molecular formula is C15H22F3N. The molecule has 1 atom stereocenters. The Morgan fingerprint density at radius 1 is 1.16 bits per heavy atom. The molecule has 19 heavy (non-hydrogen) atoms. The zero-order valence-electron chi connectivity index (χ0n) is 11.6. The van der Waals surface area contributed by atoms with Gasteiger partial charge in [-0.2, -0.15) is 13.2 Å². The second kappa shape index (κ2) is 7.53. The van der Waals surface area contributed by atoms with Crippen LogP contribution in [0.15, 0.2) is 24.3 Å². The van der Waals surface area contributed by atoms with Gasteiger partial charge in [0, 0.05) is 12.5 Å². The van der Waals surface area contributed by atoms with Crippen LogP contribution in [0, 0.1) is 6.92 Å². The van der Waals surface area contributed by atoms with E-state index in [4.69, 9.17) is 0 Å².